The summed E-state index contributed by atoms with van der Waals surface area (Å²) in [6.07, 6.45) is 1.64. The predicted octanol–water partition coefficient (Wildman–Crippen LogP) is 3.39. The average molecular weight is 496 g/mol. The maximum Gasteiger partial charge on any atom is 0.276 e. The fraction of sp³-hybridized carbons (Fsp3) is 0.423. The third-order valence-corrected chi connectivity index (χ3v) is 8.60. The standard InChI is InChI=1S/C26H33N5O3S/c1-19-15-22(26(3,4)5)16-20(2)24(19)35(33,34)31-13-11-29(12-14-31)25(32)23-18-30(28-27-23)17-21-9-7-6-8-10-21/h6-10,15-16,18H,11-14,17H2,1-5H3. The van der Waals surface area contributed by atoms with Gasteiger partial charge in [-0.1, -0.05) is 68.4 Å². The van der Waals surface area contributed by atoms with Gasteiger partial charge in [0.05, 0.1) is 17.6 Å². The van der Waals surface area contributed by atoms with E-state index < -0.39 is 10.0 Å². The van der Waals surface area contributed by atoms with Gasteiger partial charge in [0.25, 0.3) is 5.91 Å². The molecule has 3 aromatic rings. The molecule has 2 aromatic carbocycles. The van der Waals surface area contributed by atoms with E-state index >= 15 is 0 Å². The number of aryl methyl sites for hydroxylation is 2. The van der Waals surface area contributed by atoms with Gasteiger partial charge in [0.1, 0.15) is 0 Å². The minimum atomic E-state index is -3.67. The Morgan fingerprint density at radius 3 is 2.14 bits per heavy atom. The fourth-order valence-electron chi connectivity index (χ4n) is 4.46. The Labute approximate surface area is 207 Å². The van der Waals surface area contributed by atoms with Crippen LogP contribution in [0.1, 0.15) is 53.5 Å². The van der Waals surface area contributed by atoms with Gasteiger partial charge in [-0.2, -0.15) is 4.31 Å². The van der Waals surface area contributed by atoms with Crippen LogP contribution in [0, 0.1) is 13.8 Å². The fourth-order valence-corrected chi connectivity index (χ4v) is 6.29. The molecule has 8 nitrogen and oxygen atoms in total. The molecule has 0 atom stereocenters. The maximum absolute atomic E-state index is 13.5. The highest BCUT2D eigenvalue weighted by atomic mass is 32.2. The zero-order chi connectivity index (χ0) is 25.4. The Kier molecular flexibility index (Phi) is 6.83. The summed E-state index contributed by atoms with van der Waals surface area (Å²) in [5.74, 6) is -0.233. The van der Waals surface area contributed by atoms with E-state index in [1.165, 1.54) is 4.31 Å². The number of aromatic nitrogens is 3. The van der Waals surface area contributed by atoms with Crippen LogP contribution in [0.4, 0.5) is 0 Å². The molecule has 0 spiro atoms. The zero-order valence-corrected chi connectivity index (χ0v) is 21.8. The first-order valence-corrected chi connectivity index (χ1v) is 13.3. The van der Waals surface area contributed by atoms with Crippen molar-refractivity contribution in [2.75, 3.05) is 26.2 Å². The van der Waals surface area contributed by atoms with Gasteiger partial charge in [0.2, 0.25) is 10.0 Å². The molecular weight excluding hydrogens is 462 g/mol. The summed E-state index contributed by atoms with van der Waals surface area (Å²) in [5.41, 5.74) is 3.89. The molecule has 0 N–H and O–H groups in total. The van der Waals surface area contributed by atoms with Gasteiger partial charge in [-0.15, -0.1) is 5.10 Å². The number of hydrogen-bond donors (Lipinski definition) is 0. The average Bonchev–Trinajstić information content (AvgIpc) is 3.26. The van der Waals surface area contributed by atoms with Crippen LogP contribution in [0.15, 0.2) is 53.6 Å². The summed E-state index contributed by atoms with van der Waals surface area (Å²) in [6.45, 7) is 11.7. The molecule has 1 amide bonds. The Hall–Kier alpha value is -3.04. The number of carbonyl (C=O) groups is 1. The van der Waals surface area contributed by atoms with Crippen molar-refractivity contribution >= 4 is 15.9 Å². The molecule has 1 aliphatic heterocycles. The monoisotopic (exact) mass is 495 g/mol. The number of benzene rings is 2. The topological polar surface area (TPSA) is 88.4 Å². The molecular formula is C26H33N5O3S. The second-order valence-corrected chi connectivity index (χ2v) is 12.0. The highest BCUT2D eigenvalue weighted by Crippen LogP contribution is 2.31. The lowest BCUT2D eigenvalue weighted by Crippen LogP contribution is -2.50. The Balaban J connectivity index is 1.44. The highest BCUT2D eigenvalue weighted by Gasteiger charge is 2.33. The molecule has 1 aliphatic rings. The van der Waals surface area contributed by atoms with Gasteiger partial charge in [-0.3, -0.25) is 4.79 Å². The van der Waals surface area contributed by atoms with Gasteiger partial charge in [-0.25, -0.2) is 13.1 Å². The predicted molar refractivity (Wildman–Crippen MR) is 135 cm³/mol. The third-order valence-electron chi connectivity index (χ3n) is 6.40. The molecule has 4 rings (SSSR count). The second kappa shape index (κ2) is 9.54. The molecule has 0 aliphatic carbocycles. The molecule has 1 aromatic heterocycles. The van der Waals surface area contributed by atoms with Crippen LogP contribution >= 0.6 is 0 Å². The van der Waals surface area contributed by atoms with E-state index in [4.69, 9.17) is 0 Å². The molecule has 0 unspecified atom stereocenters. The first kappa shape index (κ1) is 25.1. The summed E-state index contributed by atoms with van der Waals surface area (Å²) >= 11 is 0. The minimum Gasteiger partial charge on any atom is -0.335 e. The number of hydrogen-bond acceptors (Lipinski definition) is 5. The van der Waals surface area contributed by atoms with Crippen LogP contribution in [0.2, 0.25) is 0 Å². The molecule has 9 heteroatoms. The summed E-state index contributed by atoms with van der Waals surface area (Å²) in [4.78, 5) is 15.0. The molecule has 1 fully saturated rings. The lowest BCUT2D eigenvalue weighted by Gasteiger charge is -2.34. The van der Waals surface area contributed by atoms with E-state index in [0.29, 0.717) is 24.5 Å². The molecule has 35 heavy (non-hydrogen) atoms. The Morgan fingerprint density at radius 2 is 1.57 bits per heavy atom. The van der Waals surface area contributed by atoms with Crippen molar-refractivity contribution in [3.05, 3.63) is 76.6 Å². The van der Waals surface area contributed by atoms with Crippen molar-refractivity contribution in [3.8, 4) is 0 Å². The number of piperazine rings is 1. The number of nitrogens with zero attached hydrogens (tertiary/aromatic N) is 5. The summed E-state index contributed by atoms with van der Waals surface area (Å²) < 4.78 is 30.1. The molecule has 186 valence electrons. The number of rotatable bonds is 5. The Morgan fingerprint density at radius 1 is 0.971 bits per heavy atom. The molecule has 2 heterocycles. The van der Waals surface area contributed by atoms with Crippen LogP contribution in [0.5, 0.6) is 0 Å². The van der Waals surface area contributed by atoms with Crippen molar-refractivity contribution < 1.29 is 13.2 Å². The van der Waals surface area contributed by atoms with Crippen molar-refractivity contribution in [1.82, 2.24) is 24.2 Å². The summed E-state index contributed by atoms with van der Waals surface area (Å²) in [7, 11) is -3.67. The first-order chi connectivity index (χ1) is 16.5. The lowest BCUT2D eigenvalue weighted by atomic mass is 9.85. The van der Waals surface area contributed by atoms with Gasteiger partial charge in [0.15, 0.2) is 5.69 Å². The van der Waals surface area contributed by atoms with Crippen LogP contribution in [0.25, 0.3) is 0 Å². The van der Waals surface area contributed by atoms with Crippen LogP contribution in [-0.4, -0.2) is 64.7 Å². The number of amides is 1. The van der Waals surface area contributed by atoms with Crippen molar-refractivity contribution in [3.63, 3.8) is 0 Å². The number of sulfonamides is 1. The Bertz CT molecular complexity index is 1300. The molecule has 0 saturated carbocycles. The minimum absolute atomic E-state index is 0.0628. The summed E-state index contributed by atoms with van der Waals surface area (Å²) in [5, 5.41) is 8.12. The van der Waals surface area contributed by atoms with E-state index in [1.54, 1.807) is 15.8 Å². The lowest BCUT2D eigenvalue weighted by molar-refractivity contribution is 0.0691. The SMILES string of the molecule is Cc1cc(C(C)(C)C)cc(C)c1S(=O)(=O)N1CCN(C(=O)c2cn(Cc3ccccc3)nn2)CC1. The number of carbonyl (C=O) groups excluding carboxylic acids is 1. The third kappa shape index (κ3) is 5.31. The largest absolute Gasteiger partial charge is 0.335 e. The van der Waals surface area contributed by atoms with Crippen LogP contribution in [-0.2, 0) is 22.0 Å². The van der Waals surface area contributed by atoms with Crippen LogP contribution in [0.3, 0.4) is 0 Å². The van der Waals surface area contributed by atoms with E-state index in [0.717, 1.165) is 22.3 Å². The molecule has 1 saturated heterocycles. The highest BCUT2D eigenvalue weighted by molar-refractivity contribution is 7.89. The van der Waals surface area contributed by atoms with Gasteiger partial charge >= 0.3 is 0 Å². The summed E-state index contributed by atoms with van der Waals surface area (Å²) in [6, 6.07) is 13.8. The van der Waals surface area contributed by atoms with Crippen LogP contribution < -0.4 is 0 Å². The van der Waals surface area contributed by atoms with Crippen molar-refractivity contribution in [1.29, 1.82) is 0 Å². The quantitative estimate of drug-likeness (QED) is 0.541. The van der Waals surface area contributed by atoms with Crippen molar-refractivity contribution in [2.24, 2.45) is 0 Å². The second-order valence-electron chi connectivity index (χ2n) is 10.2. The van der Waals surface area contributed by atoms with Gasteiger partial charge in [0, 0.05) is 26.2 Å². The first-order valence-electron chi connectivity index (χ1n) is 11.8. The van der Waals surface area contributed by atoms with E-state index in [1.807, 2.05) is 56.3 Å². The normalized spacial score (nSPS) is 15.4. The van der Waals surface area contributed by atoms with Gasteiger partial charge < -0.3 is 4.90 Å². The van der Waals surface area contributed by atoms with Crippen molar-refractivity contribution in [2.45, 2.75) is 51.5 Å². The molecule has 0 radical (unpaired) electrons. The maximum atomic E-state index is 13.5. The zero-order valence-electron chi connectivity index (χ0n) is 21.0. The van der Waals surface area contributed by atoms with E-state index in [9.17, 15) is 13.2 Å². The van der Waals surface area contributed by atoms with E-state index in [2.05, 4.69) is 31.1 Å². The van der Waals surface area contributed by atoms with E-state index in [-0.39, 0.29) is 30.1 Å². The van der Waals surface area contributed by atoms with Gasteiger partial charge in [-0.05, 0) is 41.5 Å². The molecule has 0 bridgehead atoms. The smallest absolute Gasteiger partial charge is 0.276 e.